The van der Waals surface area contributed by atoms with Crippen LogP contribution in [0.15, 0.2) is 21.3 Å². The van der Waals surface area contributed by atoms with E-state index in [0.29, 0.717) is 10.0 Å². The highest BCUT2D eigenvalue weighted by molar-refractivity contribution is 9.10. The van der Waals surface area contributed by atoms with Gasteiger partial charge in [-0.1, -0.05) is 0 Å². The van der Waals surface area contributed by atoms with Crippen molar-refractivity contribution in [3.8, 4) is 0 Å². The SMILES string of the molecule is NC(=O)c1csc(NC(=O)c2sccc2Br)n1. The maximum atomic E-state index is 11.8. The van der Waals surface area contributed by atoms with Crippen LogP contribution in [0.25, 0.3) is 0 Å². The Bertz CT molecular complexity index is 578. The molecule has 2 aromatic rings. The molecule has 3 N–H and O–H groups in total. The number of hydrogen-bond donors (Lipinski definition) is 2. The number of thiophene rings is 1. The fourth-order valence-corrected chi connectivity index (χ4v) is 3.20. The van der Waals surface area contributed by atoms with Crippen molar-refractivity contribution in [2.24, 2.45) is 5.73 Å². The summed E-state index contributed by atoms with van der Waals surface area (Å²) in [6, 6.07) is 1.79. The number of thiazole rings is 1. The normalized spacial score (nSPS) is 10.2. The van der Waals surface area contributed by atoms with Gasteiger partial charge in [0.15, 0.2) is 5.13 Å². The predicted octanol–water partition coefficient (Wildman–Crippen LogP) is 2.32. The van der Waals surface area contributed by atoms with Crippen molar-refractivity contribution in [2.75, 3.05) is 5.32 Å². The summed E-state index contributed by atoms with van der Waals surface area (Å²) >= 11 is 5.74. The van der Waals surface area contributed by atoms with Crippen LogP contribution in [0.3, 0.4) is 0 Å². The summed E-state index contributed by atoms with van der Waals surface area (Å²) in [7, 11) is 0. The molecule has 0 radical (unpaired) electrons. The van der Waals surface area contributed by atoms with E-state index in [4.69, 9.17) is 5.73 Å². The molecule has 0 aliphatic heterocycles. The van der Waals surface area contributed by atoms with Crippen LogP contribution in [0.5, 0.6) is 0 Å². The minimum atomic E-state index is -0.612. The zero-order valence-corrected chi connectivity index (χ0v) is 11.5. The Labute approximate surface area is 113 Å². The zero-order chi connectivity index (χ0) is 12.4. The number of aromatic nitrogens is 1. The minimum Gasteiger partial charge on any atom is -0.364 e. The van der Waals surface area contributed by atoms with Gasteiger partial charge in [-0.05, 0) is 27.4 Å². The Morgan fingerprint density at radius 1 is 1.41 bits per heavy atom. The molecule has 2 aromatic heterocycles. The van der Waals surface area contributed by atoms with E-state index in [1.807, 2.05) is 0 Å². The summed E-state index contributed by atoms with van der Waals surface area (Å²) in [6.45, 7) is 0. The Morgan fingerprint density at radius 3 is 2.71 bits per heavy atom. The number of nitrogens with two attached hydrogens (primary N) is 1. The summed E-state index contributed by atoms with van der Waals surface area (Å²) in [6.07, 6.45) is 0. The molecule has 0 bridgehead atoms. The van der Waals surface area contributed by atoms with Crippen LogP contribution < -0.4 is 11.1 Å². The summed E-state index contributed by atoms with van der Waals surface area (Å²) in [5, 5.41) is 6.26. The summed E-state index contributed by atoms with van der Waals surface area (Å²) in [5.41, 5.74) is 5.21. The van der Waals surface area contributed by atoms with Gasteiger partial charge < -0.3 is 5.73 Å². The molecule has 0 saturated carbocycles. The van der Waals surface area contributed by atoms with Crippen LogP contribution in [-0.2, 0) is 0 Å². The third-order valence-corrected chi connectivity index (χ3v) is 4.39. The Hall–Kier alpha value is -1.25. The standard InChI is InChI=1S/C9H6BrN3O2S2/c10-4-1-2-16-6(4)8(15)13-9-12-5(3-17-9)7(11)14/h1-3H,(H2,11,14)(H,12,13,15). The third kappa shape index (κ3) is 2.71. The number of primary amides is 1. The smallest absolute Gasteiger partial charge is 0.268 e. The van der Waals surface area contributed by atoms with E-state index < -0.39 is 5.91 Å². The lowest BCUT2D eigenvalue weighted by molar-refractivity contribution is 0.0992. The lowest BCUT2D eigenvalue weighted by Crippen LogP contribution is -2.13. The van der Waals surface area contributed by atoms with Crippen molar-refractivity contribution in [1.29, 1.82) is 0 Å². The van der Waals surface area contributed by atoms with Gasteiger partial charge in [0.1, 0.15) is 10.6 Å². The first-order chi connectivity index (χ1) is 8.08. The molecule has 0 saturated heterocycles. The molecule has 0 fully saturated rings. The topological polar surface area (TPSA) is 85.1 Å². The van der Waals surface area contributed by atoms with Crippen LogP contribution in [0.4, 0.5) is 5.13 Å². The zero-order valence-electron chi connectivity index (χ0n) is 8.27. The predicted molar refractivity (Wildman–Crippen MR) is 70.6 cm³/mol. The van der Waals surface area contributed by atoms with Crippen LogP contribution in [0, 0.1) is 0 Å². The molecule has 17 heavy (non-hydrogen) atoms. The summed E-state index contributed by atoms with van der Waals surface area (Å²) in [5.74, 6) is -0.878. The molecule has 88 valence electrons. The molecule has 0 atom stereocenters. The molecule has 5 nitrogen and oxygen atoms in total. The van der Waals surface area contributed by atoms with Crippen LogP contribution in [0.2, 0.25) is 0 Å². The van der Waals surface area contributed by atoms with Gasteiger partial charge in [0.2, 0.25) is 0 Å². The number of nitrogens with zero attached hydrogens (tertiary/aromatic N) is 1. The molecule has 0 aromatic carbocycles. The lowest BCUT2D eigenvalue weighted by atomic mass is 10.4. The van der Waals surface area contributed by atoms with Crippen LogP contribution in [-0.4, -0.2) is 16.8 Å². The first-order valence-corrected chi connectivity index (χ1v) is 6.93. The van der Waals surface area contributed by atoms with Crippen molar-refractivity contribution >= 4 is 55.5 Å². The largest absolute Gasteiger partial charge is 0.364 e. The van der Waals surface area contributed by atoms with E-state index in [1.165, 1.54) is 16.7 Å². The second-order valence-electron chi connectivity index (χ2n) is 2.95. The van der Waals surface area contributed by atoms with Gasteiger partial charge >= 0.3 is 0 Å². The maximum absolute atomic E-state index is 11.8. The highest BCUT2D eigenvalue weighted by Crippen LogP contribution is 2.24. The lowest BCUT2D eigenvalue weighted by Gasteiger charge is -1.98. The number of amides is 2. The Morgan fingerprint density at radius 2 is 2.18 bits per heavy atom. The molecule has 2 heterocycles. The van der Waals surface area contributed by atoms with Crippen LogP contribution >= 0.6 is 38.6 Å². The van der Waals surface area contributed by atoms with E-state index in [0.717, 1.165) is 15.8 Å². The molecule has 0 aliphatic carbocycles. The molecule has 2 amide bonds. The molecule has 8 heteroatoms. The molecule has 2 rings (SSSR count). The second-order valence-corrected chi connectivity index (χ2v) is 5.58. The quantitative estimate of drug-likeness (QED) is 0.904. The van der Waals surface area contributed by atoms with E-state index in [9.17, 15) is 9.59 Å². The Kier molecular flexibility index (Phi) is 3.55. The first kappa shape index (κ1) is 12.2. The fraction of sp³-hybridized carbons (Fsp3) is 0. The molecule has 0 unspecified atom stereocenters. The fourth-order valence-electron chi connectivity index (χ4n) is 1.05. The number of halogens is 1. The average molecular weight is 332 g/mol. The van der Waals surface area contributed by atoms with E-state index in [-0.39, 0.29) is 11.6 Å². The van der Waals surface area contributed by atoms with Crippen molar-refractivity contribution in [2.45, 2.75) is 0 Å². The van der Waals surface area contributed by atoms with Crippen molar-refractivity contribution < 1.29 is 9.59 Å². The summed E-state index contributed by atoms with van der Waals surface area (Å²) in [4.78, 5) is 27.1. The van der Waals surface area contributed by atoms with E-state index >= 15 is 0 Å². The molecule has 0 aliphatic rings. The minimum absolute atomic E-state index is 0.149. The van der Waals surface area contributed by atoms with Gasteiger partial charge in [0.05, 0.1) is 0 Å². The van der Waals surface area contributed by atoms with Crippen LogP contribution in [0.1, 0.15) is 20.2 Å². The molecule has 0 spiro atoms. The van der Waals surface area contributed by atoms with Crippen molar-refractivity contribution in [3.63, 3.8) is 0 Å². The monoisotopic (exact) mass is 331 g/mol. The number of nitrogens with one attached hydrogen (secondary N) is 1. The van der Waals surface area contributed by atoms with Gasteiger partial charge in [0, 0.05) is 9.85 Å². The van der Waals surface area contributed by atoms with Gasteiger partial charge in [-0.2, -0.15) is 0 Å². The summed E-state index contributed by atoms with van der Waals surface area (Å²) < 4.78 is 0.728. The van der Waals surface area contributed by atoms with Crippen molar-refractivity contribution in [3.05, 3.63) is 31.9 Å². The van der Waals surface area contributed by atoms with E-state index in [2.05, 4.69) is 26.2 Å². The van der Waals surface area contributed by atoms with Crippen molar-refractivity contribution in [1.82, 2.24) is 4.98 Å². The van der Waals surface area contributed by atoms with Gasteiger partial charge in [-0.15, -0.1) is 22.7 Å². The number of anilines is 1. The number of carbonyl (C=O) groups is 2. The number of hydrogen-bond acceptors (Lipinski definition) is 5. The Balaban J connectivity index is 2.13. The number of carbonyl (C=O) groups excluding carboxylic acids is 2. The van der Waals surface area contributed by atoms with Gasteiger partial charge in [-0.25, -0.2) is 4.98 Å². The van der Waals surface area contributed by atoms with E-state index in [1.54, 1.807) is 11.4 Å². The molecular weight excluding hydrogens is 326 g/mol. The average Bonchev–Trinajstić information content (AvgIpc) is 2.86. The molecular formula is C9H6BrN3O2S2. The second kappa shape index (κ2) is 4.94. The third-order valence-electron chi connectivity index (χ3n) is 1.80. The number of rotatable bonds is 3. The van der Waals surface area contributed by atoms with Gasteiger partial charge in [0.25, 0.3) is 11.8 Å². The highest BCUT2D eigenvalue weighted by atomic mass is 79.9. The maximum Gasteiger partial charge on any atom is 0.268 e. The first-order valence-electron chi connectivity index (χ1n) is 4.37. The highest BCUT2D eigenvalue weighted by Gasteiger charge is 2.14. The van der Waals surface area contributed by atoms with Gasteiger partial charge in [-0.3, -0.25) is 14.9 Å².